The summed E-state index contributed by atoms with van der Waals surface area (Å²) in [6.45, 7) is 0. The van der Waals surface area contributed by atoms with E-state index in [1.165, 1.54) is 4.80 Å². The highest BCUT2D eigenvalue weighted by atomic mass is 32.1. The van der Waals surface area contributed by atoms with Gasteiger partial charge in [-0.25, -0.2) is 4.79 Å². The van der Waals surface area contributed by atoms with Crippen molar-refractivity contribution in [1.82, 2.24) is 15.0 Å². The van der Waals surface area contributed by atoms with Gasteiger partial charge in [0, 0.05) is 28.1 Å². The average molecular weight is 259 g/mol. The Morgan fingerprint density at radius 2 is 2.11 bits per heavy atom. The van der Waals surface area contributed by atoms with Gasteiger partial charge in [0.25, 0.3) is 0 Å². The van der Waals surface area contributed by atoms with E-state index < -0.39 is 5.97 Å². The molecule has 0 aliphatic carbocycles. The number of hydrogen-bond acceptors (Lipinski definition) is 4. The minimum Gasteiger partial charge on any atom is -0.476 e. The Morgan fingerprint density at radius 3 is 2.89 bits per heavy atom. The molecule has 0 aliphatic rings. The van der Waals surface area contributed by atoms with Crippen molar-refractivity contribution in [1.29, 1.82) is 0 Å². The minimum absolute atomic E-state index is 0.0129. The number of carboxylic acid groups (broad SMARTS) is 1. The molecule has 0 saturated carbocycles. The highest BCUT2D eigenvalue weighted by Crippen LogP contribution is 2.33. The number of carbonyl (C=O) groups is 1. The normalized spacial score (nSPS) is 10.9. The molecule has 0 bridgehead atoms. The van der Waals surface area contributed by atoms with Crippen LogP contribution in [0.3, 0.4) is 0 Å². The van der Waals surface area contributed by atoms with Crippen LogP contribution in [-0.4, -0.2) is 26.1 Å². The summed E-state index contributed by atoms with van der Waals surface area (Å²) in [7, 11) is 1.62. The third-order valence-electron chi connectivity index (χ3n) is 2.65. The van der Waals surface area contributed by atoms with E-state index >= 15 is 0 Å². The molecule has 0 saturated heterocycles. The Hall–Kier alpha value is -2.21. The Kier molecular flexibility index (Phi) is 2.38. The summed E-state index contributed by atoms with van der Waals surface area (Å²) in [5.74, 6) is -1.06. The number of fused-ring (bicyclic) bond motifs is 1. The molecular formula is C12H9N3O2S. The lowest BCUT2D eigenvalue weighted by Crippen LogP contribution is -2.00. The minimum atomic E-state index is -1.06. The lowest BCUT2D eigenvalue weighted by molar-refractivity contribution is 0.0690. The highest BCUT2D eigenvalue weighted by Gasteiger charge is 2.20. The fourth-order valence-electron chi connectivity index (χ4n) is 1.89. The van der Waals surface area contributed by atoms with Crippen molar-refractivity contribution in [3.8, 4) is 11.3 Å². The van der Waals surface area contributed by atoms with Crippen LogP contribution in [0.2, 0.25) is 0 Å². The first-order chi connectivity index (χ1) is 8.66. The molecule has 0 spiro atoms. The molecule has 90 valence electrons. The lowest BCUT2D eigenvalue weighted by atomic mass is 10.1. The lowest BCUT2D eigenvalue weighted by Gasteiger charge is -1.95. The van der Waals surface area contributed by atoms with Gasteiger partial charge in [0.2, 0.25) is 0 Å². The third kappa shape index (κ3) is 1.58. The largest absolute Gasteiger partial charge is 0.476 e. The Labute approximate surface area is 106 Å². The average Bonchev–Trinajstić information content (AvgIpc) is 2.92. The van der Waals surface area contributed by atoms with Crippen LogP contribution in [0.15, 0.2) is 29.6 Å². The van der Waals surface area contributed by atoms with Crippen LogP contribution in [0, 0.1) is 0 Å². The van der Waals surface area contributed by atoms with E-state index in [1.54, 1.807) is 18.4 Å². The number of nitrogens with zero attached hydrogens (tertiary/aromatic N) is 3. The van der Waals surface area contributed by atoms with E-state index in [9.17, 15) is 4.79 Å². The zero-order valence-electron chi connectivity index (χ0n) is 9.49. The topological polar surface area (TPSA) is 68.0 Å². The van der Waals surface area contributed by atoms with Crippen LogP contribution in [0.25, 0.3) is 21.3 Å². The maximum atomic E-state index is 11.2. The van der Waals surface area contributed by atoms with Crippen molar-refractivity contribution in [3.05, 3.63) is 35.3 Å². The summed E-state index contributed by atoms with van der Waals surface area (Å²) in [6.07, 6.45) is 0. The second-order valence-electron chi connectivity index (χ2n) is 3.84. The first-order valence-corrected chi connectivity index (χ1v) is 6.16. The maximum Gasteiger partial charge on any atom is 0.358 e. The van der Waals surface area contributed by atoms with Gasteiger partial charge in [-0.05, 0) is 6.07 Å². The van der Waals surface area contributed by atoms with Gasteiger partial charge in [-0.15, -0.1) is 16.4 Å². The summed E-state index contributed by atoms with van der Waals surface area (Å²) in [5.41, 5.74) is 1.23. The van der Waals surface area contributed by atoms with Gasteiger partial charge in [0.1, 0.15) is 5.69 Å². The second-order valence-corrected chi connectivity index (χ2v) is 4.75. The Bertz CT molecular complexity index is 745. The van der Waals surface area contributed by atoms with Gasteiger partial charge in [-0.1, -0.05) is 18.2 Å². The first-order valence-electron chi connectivity index (χ1n) is 5.28. The Morgan fingerprint density at radius 1 is 1.33 bits per heavy atom. The number of thiophene rings is 1. The van der Waals surface area contributed by atoms with Gasteiger partial charge in [-0.3, -0.25) is 0 Å². The summed E-state index contributed by atoms with van der Waals surface area (Å²) in [6, 6.07) is 7.84. The van der Waals surface area contributed by atoms with E-state index in [4.69, 9.17) is 5.11 Å². The molecule has 1 N–H and O–H groups in total. The predicted octanol–water partition coefficient (Wildman–Crippen LogP) is 2.40. The third-order valence-corrected chi connectivity index (χ3v) is 3.62. The van der Waals surface area contributed by atoms with Gasteiger partial charge in [-0.2, -0.15) is 9.90 Å². The fraction of sp³-hybridized carbons (Fsp3) is 0.0833. The molecule has 3 rings (SSSR count). The first kappa shape index (κ1) is 10.9. The van der Waals surface area contributed by atoms with Crippen molar-refractivity contribution in [3.63, 3.8) is 0 Å². The molecule has 0 atom stereocenters. The molecule has 0 radical (unpaired) electrons. The quantitative estimate of drug-likeness (QED) is 0.767. The van der Waals surface area contributed by atoms with Gasteiger partial charge < -0.3 is 5.11 Å². The molecule has 18 heavy (non-hydrogen) atoms. The molecule has 0 unspecified atom stereocenters. The van der Waals surface area contributed by atoms with Gasteiger partial charge >= 0.3 is 5.97 Å². The van der Waals surface area contributed by atoms with Crippen molar-refractivity contribution in [2.24, 2.45) is 7.05 Å². The summed E-state index contributed by atoms with van der Waals surface area (Å²) < 4.78 is 1.11. The molecule has 5 nitrogen and oxygen atoms in total. The Balaban J connectivity index is 2.29. The molecule has 0 aliphatic heterocycles. The molecule has 2 aromatic heterocycles. The molecule has 6 heteroatoms. The summed E-state index contributed by atoms with van der Waals surface area (Å²) >= 11 is 1.57. The molecular weight excluding hydrogens is 250 g/mol. The van der Waals surface area contributed by atoms with Crippen molar-refractivity contribution >= 4 is 27.4 Å². The molecule has 0 amide bonds. The second kappa shape index (κ2) is 3.92. The maximum absolute atomic E-state index is 11.2. The smallest absolute Gasteiger partial charge is 0.358 e. The van der Waals surface area contributed by atoms with Crippen LogP contribution in [0.5, 0.6) is 0 Å². The highest BCUT2D eigenvalue weighted by molar-refractivity contribution is 7.17. The van der Waals surface area contributed by atoms with Crippen molar-refractivity contribution in [2.45, 2.75) is 0 Å². The summed E-state index contributed by atoms with van der Waals surface area (Å²) in [5, 5.41) is 20.1. The number of hydrogen-bond donors (Lipinski definition) is 1. The number of benzene rings is 1. The number of carboxylic acids is 1. The van der Waals surface area contributed by atoms with Crippen LogP contribution in [-0.2, 0) is 7.05 Å². The van der Waals surface area contributed by atoms with Crippen molar-refractivity contribution in [2.75, 3.05) is 0 Å². The van der Waals surface area contributed by atoms with E-state index in [1.807, 2.05) is 29.6 Å². The van der Waals surface area contributed by atoms with Crippen molar-refractivity contribution < 1.29 is 9.90 Å². The SMILES string of the molecule is Cn1nc(C(=O)O)c(-c2csc3ccccc23)n1. The van der Waals surface area contributed by atoms with E-state index in [2.05, 4.69) is 10.2 Å². The van der Waals surface area contributed by atoms with Gasteiger partial charge in [0.05, 0.1) is 0 Å². The van der Waals surface area contributed by atoms with E-state index in [0.717, 1.165) is 15.6 Å². The molecule has 3 aromatic rings. The van der Waals surface area contributed by atoms with Gasteiger partial charge in [0.15, 0.2) is 5.69 Å². The number of aromatic nitrogens is 3. The zero-order chi connectivity index (χ0) is 12.7. The van der Waals surface area contributed by atoms with E-state index in [0.29, 0.717) is 5.69 Å². The number of rotatable bonds is 2. The zero-order valence-corrected chi connectivity index (χ0v) is 10.3. The summed E-state index contributed by atoms with van der Waals surface area (Å²) in [4.78, 5) is 12.4. The van der Waals surface area contributed by atoms with Crippen LogP contribution in [0.1, 0.15) is 10.5 Å². The van der Waals surface area contributed by atoms with Crippen LogP contribution < -0.4 is 0 Å². The van der Waals surface area contributed by atoms with E-state index in [-0.39, 0.29) is 5.69 Å². The fourth-order valence-corrected chi connectivity index (χ4v) is 2.84. The monoisotopic (exact) mass is 259 g/mol. The molecule has 2 heterocycles. The standard InChI is InChI=1S/C12H9N3O2S/c1-15-13-10(11(14-15)12(16)17)8-6-18-9-5-3-2-4-7(8)9/h2-6H,1H3,(H,16,17). The molecule has 1 aromatic carbocycles. The predicted molar refractivity (Wildman–Crippen MR) is 68.8 cm³/mol. The molecule has 0 fully saturated rings. The number of aromatic carboxylic acids is 1. The van der Waals surface area contributed by atoms with Crippen LogP contribution in [0.4, 0.5) is 0 Å². The van der Waals surface area contributed by atoms with Crippen LogP contribution >= 0.6 is 11.3 Å². The number of aryl methyl sites for hydroxylation is 1.